The number of amides is 1. The smallest absolute Gasteiger partial charge is 0.339 e. The highest BCUT2D eigenvalue weighted by Gasteiger charge is 2.37. The number of aryl methyl sites for hydroxylation is 2. The van der Waals surface area contributed by atoms with Gasteiger partial charge in [-0.15, -0.1) is 0 Å². The van der Waals surface area contributed by atoms with Crippen LogP contribution in [0.15, 0.2) is 21.3 Å². The quantitative estimate of drug-likeness (QED) is 0.750. The van der Waals surface area contributed by atoms with Crippen molar-refractivity contribution in [3.8, 4) is 5.75 Å². The summed E-state index contributed by atoms with van der Waals surface area (Å²) in [5.74, 6) is -2.88. The lowest BCUT2D eigenvalue weighted by Crippen LogP contribution is -2.47. The number of fused-ring (bicyclic) bond motifs is 3. The number of benzene rings is 1. The van der Waals surface area contributed by atoms with Crippen LogP contribution < -0.4 is 10.4 Å². The van der Waals surface area contributed by atoms with Gasteiger partial charge in [0.25, 0.3) is 11.8 Å². The summed E-state index contributed by atoms with van der Waals surface area (Å²) in [7, 11) is 0. The fraction of sp³-hybridized carbons (Fsp3) is 0.524. The third-order valence-electron chi connectivity index (χ3n) is 5.69. The highest BCUT2D eigenvalue weighted by atomic mass is 19.3. The van der Waals surface area contributed by atoms with Crippen molar-refractivity contribution in [2.75, 3.05) is 19.7 Å². The van der Waals surface area contributed by atoms with E-state index in [1.807, 2.05) is 6.07 Å². The van der Waals surface area contributed by atoms with Crippen molar-refractivity contribution >= 4 is 16.9 Å². The van der Waals surface area contributed by atoms with E-state index in [0.29, 0.717) is 23.4 Å². The van der Waals surface area contributed by atoms with E-state index < -0.39 is 18.4 Å². The number of carbonyl (C=O) groups excluding carboxylic acids is 1. The Balaban J connectivity index is 1.56. The largest absolute Gasteiger partial charge is 0.483 e. The second-order valence-electron chi connectivity index (χ2n) is 7.68. The Labute approximate surface area is 161 Å². The maximum Gasteiger partial charge on any atom is 0.339 e. The third kappa shape index (κ3) is 3.50. The summed E-state index contributed by atoms with van der Waals surface area (Å²) in [6, 6.07) is 3.61. The molecule has 1 aliphatic heterocycles. The minimum atomic E-state index is -2.84. The van der Waals surface area contributed by atoms with Crippen LogP contribution in [0.2, 0.25) is 0 Å². The van der Waals surface area contributed by atoms with Crippen LogP contribution in [0.4, 0.5) is 8.78 Å². The normalized spacial score (nSPS) is 18.8. The standard InChI is InChI=1S/C21H23F2NO4/c1-13-17(27-11-18(25)24-10-4-9-21(22,23)12-24)8-7-15-14-5-2-3-6-16(14)20(26)28-19(13)15/h7-8H,2-6,9-12H2,1H3. The molecular formula is C21H23F2NO4. The molecule has 0 radical (unpaired) electrons. The molecule has 1 aromatic heterocycles. The van der Waals surface area contributed by atoms with Crippen molar-refractivity contribution in [3.05, 3.63) is 39.2 Å². The molecule has 7 heteroatoms. The van der Waals surface area contributed by atoms with E-state index in [4.69, 9.17) is 9.15 Å². The van der Waals surface area contributed by atoms with Crippen LogP contribution in [0.25, 0.3) is 11.0 Å². The first-order chi connectivity index (χ1) is 13.4. The van der Waals surface area contributed by atoms with Crippen molar-refractivity contribution in [2.45, 2.75) is 51.4 Å². The summed E-state index contributed by atoms with van der Waals surface area (Å²) < 4.78 is 38.2. The second kappa shape index (κ2) is 7.18. The van der Waals surface area contributed by atoms with Crippen LogP contribution in [0.3, 0.4) is 0 Å². The van der Waals surface area contributed by atoms with Gasteiger partial charge in [-0.2, -0.15) is 0 Å². The maximum atomic E-state index is 13.5. The number of rotatable bonds is 3. The van der Waals surface area contributed by atoms with Gasteiger partial charge in [-0.3, -0.25) is 4.79 Å². The Kier molecular flexibility index (Phi) is 4.85. The molecule has 2 aliphatic rings. The Hall–Kier alpha value is -2.44. The Morgan fingerprint density at radius 1 is 1.21 bits per heavy atom. The highest BCUT2D eigenvalue weighted by Crippen LogP contribution is 2.33. The molecule has 0 saturated carbocycles. The molecule has 1 aliphatic carbocycles. The molecule has 0 N–H and O–H groups in total. The first kappa shape index (κ1) is 18.9. The van der Waals surface area contributed by atoms with Crippen LogP contribution in [0.5, 0.6) is 5.75 Å². The lowest BCUT2D eigenvalue weighted by atomic mass is 9.90. The molecule has 2 heterocycles. The van der Waals surface area contributed by atoms with Gasteiger partial charge in [-0.1, -0.05) is 0 Å². The minimum Gasteiger partial charge on any atom is -0.483 e. The Morgan fingerprint density at radius 2 is 1.96 bits per heavy atom. The number of hydrogen-bond donors (Lipinski definition) is 0. The number of hydrogen-bond acceptors (Lipinski definition) is 4. The van der Waals surface area contributed by atoms with Gasteiger partial charge in [-0.05, 0) is 56.7 Å². The summed E-state index contributed by atoms with van der Waals surface area (Å²) in [5.41, 5.74) is 2.60. The fourth-order valence-corrected chi connectivity index (χ4v) is 4.19. The summed E-state index contributed by atoms with van der Waals surface area (Å²) in [6.07, 6.45) is 3.70. The molecule has 150 valence electrons. The molecule has 5 nitrogen and oxygen atoms in total. The number of ether oxygens (including phenoxy) is 1. The van der Waals surface area contributed by atoms with Gasteiger partial charge in [-0.25, -0.2) is 13.6 Å². The number of nitrogens with zero attached hydrogens (tertiary/aromatic N) is 1. The van der Waals surface area contributed by atoms with E-state index in [1.54, 1.807) is 13.0 Å². The van der Waals surface area contributed by atoms with Crippen molar-refractivity contribution in [2.24, 2.45) is 0 Å². The highest BCUT2D eigenvalue weighted by molar-refractivity contribution is 5.86. The van der Waals surface area contributed by atoms with Crippen molar-refractivity contribution in [1.29, 1.82) is 0 Å². The molecule has 0 bridgehead atoms. The molecule has 1 saturated heterocycles. The molecule has 1 amide bonds. The summed E-state index contributed by atoms with van der Waals surface area (Å²) in [6.45, 7) is 1.20. The number of alkyl halides is 2. The second-order valence-corrected chi connectivity index (χ2v) is 7.68. The summed E-state index contributed by atoms with van der Waals surface area (Å²) in [5, 5.41) is 0.904. The maximum absolute atomic E-state index is 13.5. The number of carbonyl (C=O) groups is 1. The molecule has 0 unspecified atom stereocenters. The zero-order valence-corrected chi connectivity index (χ0v) is 15.9. The molecule has 1 aromatic carbocycles. The van der Waals surface area contributed by atoms with Gasteiger partial charge in [0.1, 0.15) is 11.3 Å². The number of halogens is 2. The van der Waals surface area contributed by atoms with Crippen LogP contribution in [0, 0.1) is 6.92 Å². The zero-order valence-electron chi connectivity index (χ0n) is 15.9. The predicted molar refractivity (Wildman–Crippen MR) is 100 cm³/mol. The lowest BCUT2D eigenvalue weighted by molar-refractivity contribution is -0.143. The van der Waals surface area contributed by atoms with Gasteiger partial charge in [0.2, 0.25) is 0 Å². The van der Waals surface area contributed by atoms with E-state index in [2.05, 4.69) is 0 Å². The number of piperidine rings is 1. The monoisotopic (exact) mass is 391 g/mol. The van der Waals surface area contributed by atoms with Gasteiger partial charge >= 0.3 is 5.63 Å². The van der Waals surface area contributed by atoms with Gasteiger partial charge in [0.15, 0.2) is 6.61 Å². The SMILES string of the molecule is Cc1c(OCC(=O)N2CCCC(F)(F)C2)ccc2c3c(c(=O)oc12)CCCC3. The zero-order chi connectivity index (χ0) is 19.9. The average molecular weight is 391 g/mol. The molecule has 28 heavy (non-hydrogen) atoms. The Bertz CT molecular complexity index is 983. The fourth-order valence-electron chi connectivity index (χ4n) is 4.19. The van der Waals surface area contributed by atoms with Crippen molar-refractivity contribution < 1.29 is 22.7 Å². The third-order valence-corrected chi connectivity index (χ3v) is 5.69. The van der Waals surface area contributed by atoms with E-state index in [0.717, 1.165) is 47.1 Å². The van der Waals surface area contributed by atoms with Crippen LogP contribution in [0.1, 0.15) is 42.4 Å². The van der Waals surface area contributed by atoms with Crippen molar-refractivity contribution in [1.82, 2.24) is 4.90 Å². The summed E-state index contributed by atoms with van der Waals surface area (Å²) >= 11 is 0. The lowest BCUT2D eigenvalue weighted by Gasteiger charge is -2.32. The average Bonchev–Trinajstić information content (AvgIpc) is 2.67. The molecule has 0 atom stereocenters. The van der Waals surface area contributed by atoms with Gasteiger partial charge < -0.3 is 14.1 Å². The molecular weight excluding hydrogens is 368 g/mol. The molecule has 4 rings (SSSR count). The minimum absolute atomic E-state index is 0.190. The molecule has 1 fully saturated rings. The first-order valence-corrected chi connectivity index (χ1v) is 9.72. The van der Waals surface area contributed by atoms with E-state index in [-0.39, 0.29) is 25.1 Å². The van der Waals surface area contributed by atoms with Gasteiger partial charge in [0.05, 0.1) is 6.54 Å². The number of likely N-dealkylation sites (tertiary alicyclic amines) is 1. The first-order valence-electron chi connectivity index (χ1n) is 9.72. The molecule has 2 aromatic rings. The van der Waals surface area contributed by atoms with E-state index >= 15 is 0 Å². The Morgan fingerprint density at radius 3 is 2.71 bits per heavy atom. The van der Waals surface area contributed by atoms with Crippen LogP contribution in [-0.2, 0) is 17.6 Å². The van der Waals surface area contributed by atoms with Crippen LogP contribution in [-0.4, -0.2) is 36.4 Å². The molecule has 0 spiro atoms. The predicted octanol–water partition coefficient (Wildman–Crippen LogP) is 3.62. The summed E-state index contributed by atoms with van der Waals surface area (Å²) in [4.78, 5) is 25.8. The topological polar surface area (TPSA) is 59.8 Å². The van der Waals surface area contributed by atoms with E-state index in [9.17, 15) is 18.4 Å². The van der Waals surface area contributed by atoms with Crippen LogP contribution >= 0.6 is 0 Å². The van der Waals surface area contributed by atoms with E-state index in [1.165, 1.54) is 0 Å². The van der Waals surface area contributed by atoms with Gasteiger partial charge in [0, 0.05) is 29.5 Å². The van der Waals surface area contributed by atoms with Crippen molar-refractivity contribution in [3.63, 3.8) is 0 Å².